The van der Waals surface area contributed by atoms with Gasteiger partial charge in [-0.15, -0.1) is 0 Å². The van der Waals surface area contributed by atoms with Gasteiger partial charge >= 0.3 is 0 Å². The summed E-state index contributed by atoms with van der Waals surface area (Å²) in [5.41, 5.74) is 4.43. The van der Waals surface area contributed by atoms with Crippen molar-refractivity contribution in [3.63, 3.8) is 0 Å². The van der Waals surface area contributed by atoms with E-state index in [1.165, 1.54) is 11.3 Å². The van der Waals surface area contributed by atoms with Crippen LogP contribution in [0.3, 0.4) is 0 Å². The summed E-state index contributed by atoms with van der Waals surface area (Å²) in [5.74, 6) is 0.0343. The topological polar surface area (TPSA) is 32.3 Å². The van der Waals surface area contributed by atoms with Crippen LogP contribution in [-0.4, -0.2) is 18.5 Å². The molecule has 0 fully saturated rings. The molecule has 0 saturated heterocycles. The molecular weight excluding hydrogens is 308 g/mol. The first-order valence-corrected chi connectivity index (χ1v) is 8.33. The number of para-hydroxylation sites is 1. The van der Waals surface area contributed by atoms with Gasteiger partial charge in [-0.2, -0.15) is 0 Å². The molecule has 0 radical (unpaired) electrons. The van der Waals surface area contributed by atoms with Crippen LogP contribution in [0.5, 0.6) is 0 Å². The standard InChI is InChI=1S/C19H21ClN2O/c1-13-11-16(20)7-8-17(13)21-19(23)9-10-22-14(2)12-15-5-3-4-6-18(15)22/h3-8,11,14H,9-10,12H2,1-2H3,(H,21,23). The number of aryl methyl sites for hydroxylation is 1. The minimum absolute atomic E-state index is 0.0343. The molecule has 0 aliphatic carbocycles. The fourth-order valence-corrected chi connectivity index (χ4v) is 3.40. The number of amides is 1. The maximum Gasteiger partial charge on any atom is 0.226 e. The molecule has 4 heteroatoms. The molecule has 1 aliphatic rings. The normalized spacial score (nSPS) is 16.3. The van der Waals surface area contributed by atoms with Gasteiger partial charge in [0.15, 0.2) is 0 Å². The zero-order valence-corrected chi connectivity index (χ0v) is 14.2. The Morgan fingerprint density at radius 1 is 1.30 bits per heavy atom. The third-order valence-electron chi connectivity index (χ3n) is 4.39. The first-order valence-electron chi connectivity index (χ1n) is 7.95. The van der Waals surface area contributed by atoms with Gasteiger partial charge in [-0.05, 0) is 55.7 Å². The summed E-state index contributed by atoms with van der Waals surface area (Å²) >= 11 is 5.95. The fourth-order valence-electron chi connectivity index (χ4n) is 3.17. The number of nitrogens with one attached hydrogen (secondary N) is 1. The van der Waals surface area contributed by atoms with Crippen molar-refractivity contribution in [2.75, 3.05) is 16.8 Å². The Morgan fingerprint density at radius 3 is 2.87 bits per heavy atom. The number of halogens is 1. The summed E-state index contributed by atoms with van der Waals surface area (Å²) < 4.78 is 0. The molecular formula is C19H21ClN2O. The van der Waals surface area contributed by atoms with Gasteiger partial charge in [0, 0.05) is 35.4 Å². The highest BCUT2D eigenvalue weighted by atomic mass is 35.5. The average Bonchev–Trinajstić information content (AvgIpc) is 2.83. The maximum absolute atomic E-state index is 12.3. The molecule has 1 amide bonds. The van der Waals surface area contributed by atoms with Crippen LogP contribution in [-0.2, 0) is 11.2 Å². The molecule has 3 nitrogen and oxygen atoms in total. The Hall–Kier alpha value is -2.00. The number of nitrogens with zero attached hydrogens (tertiary/aromatic N) is 1. The Balaban J connectivity index is 1.61. The van der Waals surface area contributed by atoms with Gasteiger partial charge in [0.2, 0.25) is 5.91 Å². The van der Waals surface area contributed by atoms with Gasteiger partial charge in [-0.25, -0.2) is 0 Å². The highest BCUT2D eigenvalue weighted by Crippen LogP contribution is 2.31. The molecule has 0 bridgehead atoms. The van der Waals surface area contributed by atoms with Crippen LogP contribution >= 0.6 is 11.6 Å². The van der Waals surface area contributed by atoms with E-state index in [1.807, 2.05) is 19.1 Å². The minimum Gasteiger partial charge on any atom is -0.368 e. The summed E-state index contributed by atoms with van der Waals surface area (Å²) in [6.45, 7) is 4.89. The van der Waals surface area contributed by atoms with E-state index in [9.17, 15) is 4.79 Å². The summed E-state index contributed by atoms with van der Waals surface area (Å²) in [6, 6.07) is 14.4. The van der Waals surface area contributed by atoms with E-state index in [1.54, 1.807) is 6.07 Å². The molecule has 0 spiro atoms. The van der Waals surface area contributed by atoms with E-state index < -0.39 is 0 Å². The van der Waals surface area contributed by atoms with Crippen LogP contribution in [0.2, 0.25) is 5.02 Å². The first kappa shape index (κ1) is 15.9. The van der Waals surface area contributed by atoms with E-state index in [-0.39, 0.29) is 5.91 Å². The predicted octanol–water partition coefficient (Wildman–Crippen LogP) is 4.43. The number of hydrogen-bond acceptors (Lipinski definition) is 2. The van der Waals surface area contributed by atoms with Crippen molar-refractivity contribution in [3.8, 4) is 0 Å². The Bertz CT molecular complexity index is 729. The number of anilines is 2. The lowest BCUT2D eigenvalue weighted by Gasteiger charge is -2.24. The third kappa shape index (κ3) is 3.50. The van der Waals surface area contributed by atoms with Gasteiger partial charge in [0.1, 0.15) is 0 Å². The molecule has 1 heterocycles. The molecule has 1 N–H and O–H groups in total. The monoisotopic (exact) mass is 328 g/mol. The smallest absolute Gasteiger partial charge is 0.226 e. The molecule has 0 saturated carbocycles. The number of rotatable bonds is 4. The number of fused-ring (bicyclic) bond motifs is 1. The van der Waals surface area contributed by atoms with Crippen molar-refractivity contribution in [1.82, 2.24) is 0 Å². The van der Waals surface area contributed by atoms with E-state index in [0.29, 0.717) is 17.5 Å². The van der Waals surface area contributed by atoms with Gasteiger partial charge in [0.25, 0.3) is 0 Å². The molecule has 2 aromatic rings. The largest absolute Gasteiger partial charge is 0.368 e. The Labute approximate surface area is 142 Å². The molecule has 1 unspecified atom stereocenters. The van der Waals surface area contributed by atoms with Gasteiger partial charge < -0.3 is 10.2 Å². The number of carbonyl (C=O) groups excluding carboxylic acids is 1. The van der Waals surface area contributed by atoms with E-state index >= 15 is 0 Å². The fraction of sp³-hybridized carbons (Fsp3) is 0.316. The van der Waals surface area contributed by atoms with Gasteiger partial charge in [-0.3, -0.25) is 4.79 Å². The van der Waals surface area contributed by atoms with Crippen molar-refractivity contribution < 1.29 is 4.79 Å². The maximum atomic E-state index is 12.3. The van der Waals surface area contributed by atoms with Crippen molar-refractivity contribution >= 4 is 28.9 Å². The van der Waals surface area contributed by atoms with Crippen LogP contribution < -0.4 is 10.2 Å². The number of hydrogen-bond donors (Lipinski definition) is 1. The summed E-state index contributed by atoms with van der Waals surface area (Å²) in [7, 11) is 0. The predicted molar refractivity (Wildman–Crippen MR) is 96.4 cm³/mol. The van der Waals surface area contributed by atoms with Gasteiger partial charge in [0.05, 0.1) is 0 Å². The Kier molecular flexibility index (Phi) is 4.58. The molecule has 120 valence electrons. The molecule has 1 aliphatic heterocycles. The third-order valence-corrected chi connectivity index (χ3v) is 4.63. The SMILES string of the molecule is Cc1cc(Cl)ccc1NC(=O)CCN1c2ccccc2CC1C. The minimum atomic E-state index is 0.0343. The second-order valence-electron chi connectivity index (χ2n) is 6.13. The Morgan fingerprint density at radius 2 is 2.09 bits per heavy atom. The highest BCUT2D eigenvalue weighted by Gasteiger charge is 2.25. The quantitative estimate of drug-likeness (QED) is 0.900. The van der Waals surface area contributed by atoms with Crippen LogP contribution in [0.4, 0.5) is 11.4 Å². The van der Waals surface area contributed by atoms with Crippen molar-refractivity contribution in [1.29, 1.82) is 0 Å². The second kappa shape index (κ2) is 6.63. The summed E-state index contributed by atoms with van der Waals surface area (Å²) in [5, 5.41) is 3.66. The molecule has 23 heavy (non-hydrogen) atoms. The molecule has 3 rings (SSSR count). The number of benzene rings is 2. The zero-order valence-electron chi connectivity index (χ0n) is 13.5. The van der Waals surface area contributed by atoms with E-state index in [0.717, 1.165) is 24.2 Å². The zero-order chi connectivity index (χ0) is 16.4. The lowest BCUT2D eigenvalue weighted by molar-refractivity contribution is -0.116. The molecule has 1 atom stereocenters. The molecule has 0 aromatic heterocycles. The lowest BCUT2D eigenvalue weighted by atomic mass is 10.1. The van der Waals surface area contributed by atoms with Gasteiger partial charge in [-0.1, -0.05) is 29.8 Å². The highest BCUT2D eigenvalue weighted by molar-refractivity contribution is 6.30. The van der Waals surface area contributed by atoms with Crippen LogP contribution in [0.15, 0.2) is 42.5 Å². The summed E-state index contributed by atoms with van der Waals surface area (Å²) in [6.07, 6.45) is 1.52. The van der Waals surface area contributed by atoms with E-state index in [4.69, 9.17) is 11.6 Å². The van der Waals surface area contributed by atoms with Crippen LogP contribution in [0.1, 0.15) is 24.5 Å². The van der Waals surface area contributed by atoms with Crippen LogP contribution in [0.25, 0.3) is 0 Å². The number of carbonyl (C=O) groups is 1. The van der Waals surface area contributed by atoms with Crippen molar-refractivity contribution in [2.24, 2.45) is 0 Å². The van der Waals surface area contributed by atoms with Crippen molar-refractivity contribution in [3.05, 3.63) is 58.6 Å². The second-order valence-corrected chi connectivity index (χ2v) is 6.57. The first-order chi connectivity index (χ1) is 11.0. The summed E-state index contributed by atoms with van der Waals surface area (Å²) in [4.78, 5) is 14.6. The van der Waals surface area contributed by atoms with Crippen LogP contribution in [0, 0.1) is 6.92 Å². The lowest BCUT2D eigenvalue weighted by Crippen LogP contribution is -2.32. The average molecular weight is 329 g/mol. The van der Waals surface area contributed by atoms with Crippen molar-refractivity contribution in [2.45, 2.75) is 32.7 Å². The van der Waals surface area contributed by atoms with E-state index in [2.05, 4.69) is 41.4 Å². The molecule has 2 aromatic carbocycles.